The Bertz CT molecular complexity index is 607. The Morgan fingerprint density at radius 3 is 2.57 bits per heavy atom. The first-order chi connectivity index (χ1) is 10.6. The molecule has 130 valence electrons. The molecular formula is C15H22Cl2N2O4. The van der Waals surface area contributed by atoms with Gasteiger partial charge >= 0.3 is 0 Å². The fraction of sp³-hybridized carbons (Fsp3) is 0.667. The molecule has 0 aromatic carbocycles. The summed E-state index contributed by atoms with van der Waals surface area (Å²) in [5.74, 6) is -0.495. The fourth-order valence-corrected chi connectivity index (χ4v) is 3.45. The first-order valence-electron chi connectivity index (χ1n) is 7.48. The second-order valence-electron chi connectivity index (χ2n) is 6.24. The lowest BCUT2D eigenvalue weighted by atomic mass is 9.79. The van der Waals surface area contributed by atoms with Crippen LogP contribution in [0.1, 0.15) is 43.4 Å². The maximum Gasteiger partial charge on any atom is 0.269 e. The quantitative estimate of drug-likeness (QED) is 0.659. The van der Waals surface area contributed by atoms with Gasteiger partial charge in [0.2, 0.25) is 0 Å². The summed E-state index contributed by atoms with van der Waals surface area (Å²) < 4.78 is 5.50. The third kappa shape index (κ3) is 3.37. The van der Waals surface area contributed by atoms with E-state index in [1.807, 2.05) is 6.92 Å². The van der Waals surface area contributed by atoms with Gasteiger partial charge in [0.15, 0.2) is 0 Å². The molecule has 8 heteroatoms. The molecule has 1 aromatic rings. The summed E-state index contributed by atoms with van der Waals surface area (Å²) in [7, 11) is 0. The average Bonchev–Trinajstić information content (AvgIpc) is 2.72. The Labute approximate surface area is 145 Å². The summed E-state index contributed by atoms with van der Waals surface area (Å²) in [6.07, 6.45) is -1.67. The predicted molar refractivity (Wildman–Crippen MR) is 88.1 cm³/mol. The Morgan fingerprint density at radius 1 is 1.43 bits per heavy atom. The number of halogens is 2. The number of aryl methyl sites for hydroxylation is 1. The van der Waals surface area contributed by atoms with Gasteiger partial charge in [-0.2, -0.15) is 0 Å². The van der Waals surface area contributed by atoms with E-state index in [2.05, 4.69) is 10.3 Å². The molecule has 2 rings (SSSR count). The van der Waals surface area contributed by atoms with Crippen molar-refractivity contribution in [2.24, 2.45) is 0 Å². The van der Waals surface area contributed by atoms with Gasteiger partial charge in [0.05, 0.1) is 28.3 Å². The van der Waals surface area contributed by atoms with E-state index in [0.29, 0.717) is 5.69 Å². The molecule has 1 aliphatic heterocycles. The van der Waals surface area contributed by atoms with Crippen molar-refractivity contribution in [1.29, 1.82) is 0 Å². The first-order valence-corrected chi connectivity index (χ1v) is 8.23. The second kappa shape index (κ2) is 6.61. The molecule has 4 N–H and O–H groups in total. The van der Waals surface area contributed by atoms with E-state index < -0.39 is 29.8 Å². The number of carbonyl (C=O) groups excluding carboxylic acids is 1. The van der Waals surface area contributed by atoms with Gasteiger partial charge in [0, 0.05) is 12.1 Å². The summed E-state index contributed by atoms with van der Waals surface area (Å²) >= 11 is 12.0. The van der Waals surface area contributed by atoms with E-state index in [1.54, 1.807) is 20.8 Å². The van der Waals surface area contributed by atoms with Crippen molar-refractivity contribution in [2.75, 3.05) is 0 Å². The summed E-state index contributed by atoms with van der Waals surface area (Å²) in [6, 6.07) is -0.711. The standard InChI is InChI=1S/C15H22Cl2N2O4/c1-6-5-15(22,13(20)8(3)23-6)9(4)19-14(21)12-11(17)10(16)7(2)18-12/h6,8-9,13,18,20,22H,5H2,1-4H3,(H,19,21)/t6?,8-,9+,13-,15-/m1/s1. The lowest BCUT2D eigenvalue weighted by Gasteiger charge is -2.46. The van der Waals surface area contributed by atoms with E-state index >= 15 is 0 Å². The number of hydrogen-bond acceptors (Lipinski definition) is 4. The van der Waals surface area contributed by atoms with Crippen LogP contribution in [0.2, 0.25) is 10.0 Å². The highest BCUT2D eigenvalue weighted by molar-refractivity contribution is 6.44. The number of carbonyl (C=O) groups is 1. The molecule has 0 aliphatic carbocycles. The third-order valence-electron chi connectivity index (χ3n) is 4.40. The highest BCUT2D eigenvalue weighted by Gasteiger charge is 2.49. The van der Waals surface area contributed by atoms with E-state index in [0.717, 1.165) is 0 Å². The van der Waals surface area contributed by atoms with E-state index in [9.17, 15) is 15.0 Å². The van der Waals surface area contributed by atoms with Crippen molar-refractivity contribution < 1.29 is 19.7 Å². The van der Waals surface area contributed by atoms with Crippen LogP contribution >= 0.6 is 23.2 Å². The summed E-state index contributed by atoms with van der Waals surface area (Å²) in [4.78, 5) is 15.2. The van der Waals surface area contributed by atoms with Crippen LogP contribution in [0.5, 0.6) is 0 Å². The number of rotatable bonds is 3. The number of aliphatic hydroxyl groups excluding tert-OH is 1. The first kappa shape index (κ1) is 18.5. The van der Waals surface area contributed by atoms with Gasteiger partial charge in [-0.05, 0) is 27.7 Å². The molecule has 1 aromatic heterocycles. The number of aliphatic hydroxyl groups is 2. The summed E-state index contributed by atoms with van der Waals surface area (Å²) in [6.45, 7) is 6.84. The molecule has 0 saturated carbocycles. The van der Waals surface area contributed by atoms with Crippen LogP contribution in [0.25, 0.3) is 0 Å². The van der Waals surface area contributed by atoms with Gasteiger partial charge in [-0.25, -0.2) is 0 Å². The molecule has 0 bridgehead atoms. The molecule has 1 aliphatic rings. The van der Waals surface area contributed by atoms with Crippen LogP contribution in [0, 0.1) is 6.92 Å². The van der Waals surface area contributed by atoms with Crippen molar-refractivity contribution in [1.82, 2.24) is 10.3 Å². The van der Waals surface area contributed by atoms with Crippen molar-refractivity contribution in [3.05, 3.63) is 21.4 Å². The van der Waals surface area contributed by atoms with Gasteiger partial charge in [0.1, 0.15) is 17.4 Å². The van der Waals surface area contributed by atoms with Crippen molar-refractivity contribution in [2.45, 2.75) is 64.1 Å². The zero-order valence-electron chi connectivity index (χ0n) is 13.5. The topological polar surface area (TPSA) is 94.6 Å². The molecule has 5 atom stereocenters. The highest BCUT2D eigenvalue weighted by atomic mass is 35.5. The molecule has 1 unspecified atom stereocenters. The molecule has 1 amide bonds. The lowest BCUT2D eigenvalue weighted by molar-refractivity contribution is -0.215. The van der Waals surface area contributed by atoms with Gasteiger partial charge in [-0.15, -0.1) is 0 Å². The van der Waals surface area contributed by atoms with Crippen LogP contribution < -0.4 is 5.32 Å². The Hall–Kier alpha value is -0.790. The molecule has 23 heavy (non-hydrogen) atoms. The van der Waals surface area contributed by atoms with E-state index in [-0.39, 0.29) is 28.3 Å². The van der Waals surface area contributed by atoms with Gasteiger partial charge in [-0.3, -0.25) is 4.79 Å². The second-order valence-corrected chi connectivity index (χ2v) is 7.00. The molecule has 1 saturated heterocycles. The number of amides is 1. The monoisotopic (exact) mass is 364 g/mol. The minimum Gasteiger partial charge on any atom is -0.387 e. The number of nitrogens with one attached hydrogen (secondary N) is 2. The SMILES string of the molecule is Cc1[nH]c(C(=O)N[C@@H](C)[C@]2(O)CC(C)O[C@H](C)[C@H]2O)c(Cl)c1Cl. The Balaban J connectivity index is 2.18. The minimum absolute atomic E-state index is 0.132. The number of aromatic nitrogens is 1. The highest BCUT2D eigenvalue weighted by Crippen LogP contribution is 2.33. The maximum absolute atomic E-state index is 12.4. The van der Waals surface area contributed by atoms with Crippen LogP contribution in [0.15, 0.2) is 0 Å². The predicted octanol–water partition coefficient (Wildman–Crippen LogP) is 2.04. The zero-order valence-corrected chi connectivity index (χ0v) is 15.0. The van der Waals surface area contributed by atoms with Crippen LogP contribution in [-0.4, -0.2) is 51.1 Å². The smallest absolute Gasteiger partial charge is 0.269 e. The number of aromatic amines is 1. The fourth-order valence-electron chi connectivity index (χ4n) is 3.03. The van der Waals surface area contributed by atoms with Crippen LogP contribution in [-0.2, 0) is 4.74 Å². The van der Waals surface area contributed by atoms with Crippen LogP contribution in [0.3, 0.4) is 0 Å². The molecule has 1 fully saturated rings. The third-order valence-corrected chi connectivity index (χ3v) is 5.34. The van der Waals surface area contributed by atoms with Gasteiger partial charge < -0.3 is 25.3 Å². The average molecular weight is 365 g/mol. The Kier molecular flexibility index (Phi) is 5.33. The summed E-state index contributed by atoms with van der Waals surface area (Å²) in [5, 5.41) is 24.3. The van der Waals surface area contributed by atoms with Crippen molar-refractivity contribution in [3.8, 4) is 0 Å². The number of ether oxygens (including phenoxy) is 1. The van der Waals surface area contributed by atoms with Crippen molar-refractivity contribution >= 4 is 29.1 Å². The van der Waals surface area contributed by atoms with Crippen molar-refractivity contribution in [3.63, 3.8) is 0 Å². The molecule has 0 radical (unpaired) electrons. The zero-order chi connectivity index (χ0) is 17.5. The number of hydrogen-bond donors (Lipinski definition) is 4. The van der Waals surface area contributed by atoms with E-state index in [4.69, 9.17) is 27.9 Å². The molecule has 6 nitrogen and oxygen atoms in total. The molecule has 2 heterocycles. The molecule has 0 spiro atoms. The van der Waals surface area contributed by atoms with Gasteiger partial charge in [-0.1, -0.05) is 23.2 Å². The van der Waals surface area contributed by atoms with E-state index in [1.165, 1.54) is 0 Å². The largest absolute Gasteiger partial charge is 0.387 e. The maximum atomic E-state index is 12.4. The Morgan fingerprint density at radius 2 is 2.04 bits per heavy atom. The lowest BCUT2D eigenvalue weighted by Crippen LogP contribution is -2.65. The number of H-pyrrole nitrogens is 1. The molecular weight excluding hydrogens is 343 g/mol. The van der Waals surface area contributed by atoms with Crippen LogP contribution in [0.4, 0.5) is 0 Å². The normalized spacial score (nSPS) is 32.6. The van der Waals surface area contributed by atoms with Gasteiger partial charge in [0.25, 0.3) is 5.91 Å². The minimum atomic E-state index is -1.50. The summed E-state index contributed by atoms with van der Waals surface area (Å²) in [5.41, 5.74) is -0.779.